The number of aryl methyl sites for hydroxylation is 1. The summed E-state index contributed by atoms with van der Waals surface area (Å²) in [5, 5.41) is 2.96. The Labute approximate surface area is 152 Å². The molecule has 4 rings (SSSR count). The van der Waals surface area contributed by atoms with Gasteiger partial charge >= 0.3 is 0 Å². The Morgan fingerprint density at radius 1 is 1.00 bits per heavy atom. The third-order valence-corrected chi connectivity index (χ3v) is 4.42. The first kappa shape index (κ1) is 16.1. The van der Waals surface area contributed by atoms with Gasteiger partial charge < -0.3 is 5.32 Å². The predicted molar refractivity (Wildman–Crippen MR) is 103 cm³/mol. The van der Waals surface area contributed by atoms with Crippen molar-refractivity contribution in [2.45, 2.75) is 13.5 Å². The topological polar surface area (TPSA) is 46.9 Å². The van der Waals surface area contributed by atoms with Crippen molar-refractivity contribution in [1.82, 2.24) is 14.9 Å². The van der Waals surface area contributed by atoms with Crippen LogP contribution >= 0.6 is 0 Å². The number of nitrogens with one attached hydrogen (secondary N) is 1. The number of para-hydroxylation sites is 1. The molecule has 128 valence electrons. The lowest BCUT2D eigenvalue weighted by molar-refractivity contribution is 0.0951. The van der Waals surface area contributed by atoms with Gasteiger partial charge in [0.1, 0.15) is 6.33 Å². The number of carbonyl (C=O) groups is 1. The van der Waals surface area contributed by atoms with E-state index in [4.69, 9.17) is 0 Å². The maximum absolute atomic E-state index is 12.5. The maximum atomic E-state index is 12.5. The largest absolute Gasteiger partial charge is 0.348 e. The van der Waals surface area contributed by atoms with Crippen molar-refractivity contribution in [3.63, 3.8) is 0 Å². The van der Waals surface area contributed by atoms with Crippen molar-refractivity contribution in [2.75, 3.05) is 0 Å². The van der Waals surface area contributed by atoms with Gasteiger partial charge in [0, 0.05) is 17.8 Å². The highest BCUT2D eigenvalue weighted by Crippen LogP contribution is 2.19. The molecule has 0 bridgehead atoms. The molecule has 0 aliphatic rings. The lowest BCUT2D eigenvalue weighted by Gasteiger charge is -2.07. The number of aromatic nitrogens is 2. The minimum Gasteiger partial charge on any atom is -0.348 e. The first-order valence-electron chi connectivity index (χ1n) is 8.57. The monoisotopic (exact) mass is 341 g/mol. The zero-order valence-electron chi connectivity index (χ0n) is 14.5. The summed E-state index contributed by atoms with van der Waals surface area (Å²) in [5.41, 5.74) is 5.73. The van der Waals surface area contributed by atoms with Crippen molar-refractivity contribution in [3.05, 3.63) is 95.8 Å². The number of rotatable bonds is 4. The van der Waals surface area contributed by atoms with Crippen LogP contribution in [0.4, 0.5) is 0 Å². The molecule has 4 heteroatoms. The quantitative estimate of drug-likeness (QED) is 0.603. The van der Waals surface area contributed by atoms with Crippen LogP contribution in [0.5, 0.6) is 0 Å². The minimum absolute atomic E-state index is 0.0956. The van der Waals surface area contributed by atoms with E-state index >= 15 is 0 Å². The minimum atomic E-state index is -0.0956. The normalized spacial score (nSPS) is 10.8. The average Bonchev–Trinajstić information content (AvgIpc) is 3.11. The fourth-order valence-electron chi connectivity index (χ4n) is 2.94. The highest BCUT2D eigenvalue weighted by Gasteiger charge is 2.10. The van der Waals surface area contributed by atoms with Crippen LogP contribution in [-0.2, 0) is 6.54 Å². The number of fused-ring (bicyclic) bond motifs is 1. The van der Waals surface area contributed by atoms with Gasteiger partial charge in [0.05, 0.1) is 11.0 Å². The Hall–Kier alpha value is -3.40. The van der Waals surface area contributed by atoms with E-state index in [1.54, 1.807) is 6.33 Å². The molecule has 4 nitrogen and oxygen atoms in total. The zero-order chi connectivity index (χ0) is 17.9. The molecule has 0 saturated carbocycles. The molecule has 0 unspecified atom stereocenters. The lowest BCUT2D eigenvalue weighted by atomic mass is 10.1. The molecular formula is C22H19N3O. The van der Waals surface area contributed by atoms with Crippen LogP contribution in [0, 0.1) is 6.92 Å². The molecule has 1 amide bonds. The summed E-state index contributed by atoms with van der Waals surface area (Å²) in [6.45, 7) is 2.56. The van der Waals surface area contributed by atoms with Crippen molar-refractivity contribution >= 4 is 16.9 Å². The summed E-state index contributed by atoms with van der Waals surface area (Å²) in [7, 11) is 0. The Morgan fingerprint density at radius 2 is 1.77 bits per heavy atom. The Kier molecular flexibility index (Phi) is 4.23. The molecule has 0 spiro atoms. The van der Waals surface area contributed by atoms with Crippen LogP contribution in [0.25, 0.3) is 16.7 Å². The Balaban J connectivity index is 1.54. The summed E-state index contributed by atoms with van der Waals surface area (Å²) >= 11 is 0. The van der Waals surface area contributed by atoms with Gasteiger partial charge in [0.25, 0.3) is 5.91 Å². The van der Waals surface area contributed by atoms with Gasteiger partial charge in [-0.1, -0.05) is 48.0 Å². The van der Waals surface area contributed by atoms with Gasteiger partial charge in [0.15, 0.2) is 0 Å². The van der Waals surface area contributed by atoms with Gasteiger partial charge in [0.2, 0.25) is 0 Å². The molecular weight excluding hydrogens is 322 g/mol. The smallest absolute Gasteiger partial charge is 0.251 e. The number of amides is 1. The Bertz CT molecular complexity index is 1050. The highest BCUT2D eigenvalue weighted by atomic mass is 16.1. The van der Waals surface area contributed by atoms with E-state index in [-0.39, 0.29) is 5.91 Å². The predicted octanol–water partition coefficient (Wildman–Crippen LogP) is 4.26. The highest BCUT2D eigenvalue weighted by molar-refractivity contribution is 5.97. The third-order valence-electron chi connectivity index (χ3n) is 4.42. The summed E-state index contributed by atoms with van der Waals surface area (Å²) in [6, 6.07) is 23.8. The number of hydrogen-bond donors (Lipinski definition) is 1. The standard InChI is InChI=1S/C22H19N3O/c1-16-7-9-17(10-8-16)14-23-22(26)18-11-12-21-20(13-18)24-15-25(21)19-5-3-2-4-6-19/h2-13,15H,14H2,1H3,(H,23,26). The van der Waals surface area contributed by atoms with Crippen LogP contribution < -0.4 is 5.32 Å². The van der Waals surface area contributed by atoms with E-state index in [0.717, 1.165) is 22.3 Å². The number of benzene rings is 3. The number of hydrogen-bond acceptors (Lipinski definition) is 2. The first-order chi connectivity index (χ1) is 12.7. The molecule has 4 aromatic rings. The summed E-state index contributed by atoms with van der Waals surface area (Å²) < 4.78 is 2.02. The van der Waals surface area contributed by atoms with Crippen LogP contribution in [0.3, 0.4) is 0 Å². The number of carbonyl (C=O) groups excluding carboxylic acids is 1. The van der Waals surface area contributed by atoms with Gasteiger partial charge in [-0.05, 0) is 42.8 Å². The van der Waals surface area contributed by atoms with Crippen molar-refractivity contribution in [1.29, 1.82) is 0 Å². The summed E-state index contributed by atoms with van der Waals surface area (Å²) in [6.07, 6.45) is 1.79. The molecule has 1 heterocycles. The van der Waals surface area contributed by atoms with Crippen LogP contribution in [-0.4, -0.2) is 15.5 Å². The van der Waals surface area contributed by atoms with Crippen molar-refractivity contribution < 1.29 is 4.79 Å². The second kappa shape index (κ2) is 6.84. The number of imidazole rings is 1. The zero-order valence-corrected chi connectivity index (χ0v) is 14.5. The molecule has 1 N–H and O–H groups in total. The van der Waals surface area contributed by atoms with E-state index in [0.29, 0.717) is 12.1 Å². The molecule has 0 radical (unpaired) electrons. The van der Waals surface area contributed by atoms with E-state index in [1.807, 2.05) is 84.3 Å². The lowest BCUT2D eigenvalue weighted by Crippen LogP contribution is -2.22. The third kappa shape index (κ3) is 3.22. The van der Waals surface area contributed by atoms with Gasteiger partial charge in [-0.15, -0.1) is 0 Å². The van der Waals surface area contributed by atoms with Crippen LogP contribution in [0.15, 0.2) is 79.1 Å². The average molecular weight is 341 g/mol. The van der Waals surface area contributed by atoms with Gasteiger partial charge in [-0.3, -0.25) is 9.36 Å². The molecule has 0 fully saturated rings. The van der Waals surface area contributed by atoms with Gasteiger partial charge in [-0.25, -0.2) is 4.98 Å². The van der Waals surface area contributed by atoms with Crippen LogP contribution in [0.2, 0.25) is 0 Å². The maximum Gasteiger partial charge on any atom is 0.251 e. The summed E-state index contributed by atoms with van der Waals surface area (Å²) in [4.78, 5) is 16.9. The van der Waals surface area contributed by atoms with Gasteiger partial charge in [-0.2, -0.15) is 0 Å². The molecule has 0 aliphatic carbocycles. The second-order valence-corrected chi connectivity index (χ2v) is 6.32. The second-order valence-electron chi connectivity index (χ2n) is 6.32. The molecule has 26 heavy (non-hydrogen) atoms. The molecule has 0 atom stereocenters. The fraction of sp³-hybridized carbons (Fsp3) is 0.0909. The van der Waals surface area contributed by atoms with E-state index in [9.17, 15) is 4.79 Å². The molecule has 1 aromatic heterocycles. The van der Waals surface area contributed by atoms with Crippen molar-refractivity contribution in [2.24, 2.45) is 0 Å². The van der Waals surface area contributed by atoms with E-state index in [2.05, 4.69) is 10.3 Å². The van der Waals surface area contributed by atoms with E-state index < -0.39 is 0 Å². The van der Waals surface area contributed by atoms with Crippen LogP contribution in [0.1, 0.15) is 21.5 Å². The molecule has 0 saturated heterocycles. The van der Waals surface area contributed by atoms with Crippen molar-refractivity contribution in [3.8, 4) is 5.69 Å². The SMILES string of the molecule is Cc1ccc(CNC(=O)c2ccc3c(c2)ncn3-c2ccccc2)cc1. The van der Waals surface area contributed by atoms with E-state index in [1.165, 1.54) is 5.56 Å². The Morgan fingerprint density at radius 3 is 2.54 bits per heavy atom. The summed E-state index contributed by atoms with van der Waals surface area (Å²) in [5.74, 6) is -0.0956. The fourth-order valence-corrected chi connectivity index (χ4v) is 2.94. The number of nitrogens with zero attached hydrogens (tertiary/aromatic N) is 2. The molecule has 3 aromatic carbocycles. The molecule has 0 aliphatic heterocycles. The first-order valence-corrected chi connectivity index (χ1v) is 8.57.